The van der Waals surface area contributed by atoms with Crippen LogP contribution in [0.2, 0.25) is 0 Å². The van der Waals surface area contributed by atoms with Crippen LogP contribution in [0.15, 0.2) is 24.4 Å². The van der Waals surface area contributed by atoms with Crippen molar-refractivity contribution in [3.05, 3.63) is 35.8 Å². The molecule has 16 heavy (non-hydrogen) atoms. The van der Waals surface area contributed by atoms with Gasteiger partial charge in [-0.25, -0.2) is 4.39 Å². The molecule has 1 aromatic heterocycles. The molecule has 2 aromatic rings. The van der Waals surface area contributed by atoms with Crippen LogP contribution in [0.1, 0.15) is 23.2 Å². The lowest BCUT2D eigenvalue weighted by molar-refractivity contribution is 0.0969. The maximum atomic E-state index is 13.1. The second-order valence-corrected chi connectivity index (χ2v) is 4.45. The highest BCUT2D eigenvalue weighted by atomic mass is 19.1. The molecular weight excluding hydrogens is 205 g/mol. The second kappa shape index (κ2) is 3.17. The van der Waals surface area contributed by atoms with Crippen LogP contribution in [0, 0.1) is 11.7 Å². The van der Waals surface area contributed by atoms with Crippen molar-refractivity contribution in [3.63, 3.8) is 0 Å². The summed E-state index contributed by atoms with van der Waals surface area (Å²) < 4.78 is 14.9. The maximum absolute atomic E-state index is 13.1. The molecule has 3 rings (SSSR count). The van der Waals surface area contributed by atoms with Gasteiger partial charge in [0, 0.05) is 30.1 Å². The van der Waals surface area contributed by atoms with Gasteiger partial charge in [-0.1, -0.05) is 0 Å². The first-order valence-electron chi connectivity index (χ1n) is 5.45. The molecular formula is C13H12FNO. The van der Waals surface area contributed by atoms with Gasteiger partial charge in [0.2, 0.25) is 0 Å². The monoisotopic (exact) mass is 217 g/mol. The third kappa shape index (κ3) is 1.35. The van der Waals surface area contributed by atoms with Crippen LogP contribution in [0.25, 0.3) is 10.9 Å². The van der Waals surface area contributed by atoms with E-state index in [9.17, 15) is 9.18 Å². The standard InChI is InChI=1S/C13H12FNO/c1-15-7-11(13(16)8-2-3-8)10-5-4-9(14)6-12(10)15/h4-8H,2-3H2,1H3. The Bertz CT molecular complexity index is 581. The number of aryl methyl sites for hydroxylation is 1. The molecule has 3 heteroatoms. The normalized spacial score (nSPS) is 15.6. The molecule has 1 aromatic carbocycles. The minimum Gasteiger partial charge on any atom is -0.350 e. The van der Waals surface area contributed by atoms with Gasteiger partial charge in [-0.2, -0.15) is 0 Å². The Morgan fingerprint density at radius 3 is 2.88 bits per heavy atom. The third-order valence-corrected chi connectivity index (χ3v) is 3.17. The van der Waals surface area contributed by atoms with Crippen LogP contribution in [0.4, 0.5) is 4.39 Å². The van der Waals surface area contributed by atoms with Gasteiger partial charge < -0.3 is 4.57 Å². The molecule has 0 aliphatic heterocycles. The molecule has 0 spiro atoms. The summed E-state index contributed by atoms with van der Waals surface area (Å²) in [6, 6.07) is 4.57. The fourth-order valence-electron chi connectivity index (χ4n) is 2.12. The summed E-state index contributed by atoms with van der Waals surface area (Å²) in [5.41, 5.74) is 1.52. The van der Waals surface area contributed by atoms with Gasteiger partial charge >= 0.3 is 0 Å². The first-order valence-corrected chi connectivity index (χ1v) is 5.45. The molecule has 0 amide bonds. The van der Waals surface area contributed by atoms with E-state index in [1.165, 1.54) is 12.1 Å². The van der Waals surface area contributed by atoms with Gasteiger partial charge in [0.1, 0.15) is 5.82 Å². The highest BCUT2D eigenvalue weighted by Crippen LogP contribution is 2.35. The molecule has 0 saturated heterocycles. The van der Waals surface area contributed by atoms with E-state index >= 15 is 0 Å². The molecule has 0 radical (unpaired) electrons. The average Bonchev–Trinajstić information content (AvgIpc) is 3.05. The lowest BCUT2D eigenvalue weighted by atomic mass is 10.1. The van der Waals surface area contributed by atoms with Gasteiger partial charge in [0.15, 0.2) is 5.78 Å². The van der Waals surface area contributed by atoms with Crippen molar-refractivity contribution >= 4 is 16.7 Å². The quantitative estimate of drug-likeness (QED) is 0.709. The number of carbonyl (C=O) groups is 1. The molecule has 0 unspecified atom stereocenters. The Kier molecular flexibility index (Phi) is 1.90. The Balaban J connectivity index is 2.21. The van der Waals surface area contributed by atoms with E-state index in [1.807, 2.05) is 17.8 Å². The zero-order valence-electron chi connectivity index (χ0n) is 9.03. The Hall–Kier alpha value is -1.64. The Labute approximate surface area is 92.7 Å². The van der Waals surface area contributed by atoms with Crippen LogP contribution in [-0.4, -0.2) is 10.4 Å². The van der Waals surface area contributed by atoms with Crippen molar-refractivity contribution < 1.29 is 9.18 Å². The molecule has 0 atom stereocenters. The first-order chi connectivity index (χ1) is 7.66. The topological polar surface area (TPSA) is 22.0 Å². The number of Topliss-reactive ketones (excluding diaryl/α,β-unsaturated/α-hetero) is 1. The van der Waals surface area contributed by atoms with E-state index in [4.69, 9.17) is 0 Å². The van der Waals surface area contributed by atoms with E-state index in [1.54, 1.807) is 6.07 Å². The van der Waals surface area contributed by atoms with E-state index in [0.717, 1.165) is 29.3 Å². The predicted octanol–water partition coefficient (Wildman–Crippen LogP) is 2.91. The van der Waals surface area contributed by atoms with Gasteiger partial charge in [0.05, 0.1) is 5.52 Å². The molecule has 1 fully saturated rings. The fraction of sp³-hybridized carbons (Fsp3) is 0.308. The van der Waals surface area contributed by atoms with E-state index in [-0.39, 0.29) is 17.5 Å². The number of ketones is 1. The molecule has 82 valence electrons. The number of hydrogen-bond donors (Lipinski definition) is 0. The number of halogens is 1. The zero-order valence-corrected chi connectivity index (χ0v) is 9.03. The molecule has 1 aliphatic carbocycles. The summed E-state index contributed by atoms with van der Waals surface area (Å²) in [5.74, 6) is 0.145. The smallest absolute Gasteiger partial charge is 0.168 e. The summed E-state index contributed by atoms with van der Waals surface area (Å²) in [4.78, 5) is 12.0. The van der Waals surface area contributed by atoms with Crippen LogP contribution >= 0.6 is 0 Å². The number of benzene rings is 1. The minimum atomic E-state index is -0.265. The minimum absolute atomic E-state index is 0.204. The van der Waals surface area contributed by atoms with Crippen molar-refractivity contribution in [2.75, 3.05) is 0 Å². The van der Waals surface area contributed by atoms with Gasteiger partial charge in [-0.05, 0) is 31.0 Å². The Morgan fingerprint density at radius 1 is 1.44 bits per heavy atom. The summed E-state index contributed by atoms with van der Waals surface area (Å²) in [7, 11) is 1.84. The van der Waals surface area contributed by atoms with Crippen molar-refractivity contribution in [2.24, 2.45) is 13.0 Å². The number of fused-ring (bicyclic) bond motifs is 1. The van der Waals surface area contributed by atoms with Crippen LogP contribution in [0.3, 0.4) is 0 Å². The SMILES string of the molecule is Cn1cc(C(=O)C2CC2)c2ccc(F)cc21. The van der Waals surface area contributed by atoms with Crippen molar-refractivity contribution in [1.82, 2.24) is 4.57 Å². The summed E-state index contributed by atoms with van der Waals surface area (Å²) in [6.07, 6.45) is 3.80. The molecule has 0 N–H and O–H groups in total. The first kappa shape index (κ1) is 9.58. The highest BCUT2D eigenvalue weighted by Gasteiger charge is 2.32. The summed E-state index contributed by atoms with van der Waals surface area (Å²) in [5, 5.41) is 0.862. The maximum Gasteiger partial charge on any atom is 0.168 e. The molecule has 0 bridgehead atoms. The number of nitrogens with zero attached hydrogens (tertiary/aromatic N) is 1. The predicted molar refractivity (Wildman–Crippen MR) is 59.9 cm³/mol. The van der Waals surface area contributed by atoms with Gasteiger partial charge in [-0.3, -0.25) is 4.79 Å². The number of hydrogen-bond acceptors (Lipinski definition) is 1. The fourth-order valence-corrected chi connectivity index (χ4v) is 2.12. The van der Waals surface area contributed by atoms with Crippen LogP contribution in [0.5, 0.6) is 0 Å². The average molecular weight is 217 g/mol. The highest BCUT2D eigenvalue weighted by molar-refractivity contribution is 6.09. The van der Waals surface area contributed by atoms with E-state index in [0.29, 0.717) is 0 Å². The van der Waals surface area contributed by atoms with Crippen LogP contribution < -0.4 is 0 Å². The summed E-state index contributed by atoms with van der Waals surface area (Å²) in [6.45, 7) is 0. The zero-order chi connectivity index (χ0) is 11.3. The van der Waals surface area contributed by atoms with Gasteiger partial charge in [0.25, 0.3) is 0 Å². The van der Waals surface area contributed by atoms with Crippen molar-refractivity contribution in [2.45, 2.75) is 12.8 Å². The van der Waals surface area contributed by atoms with E-state index < -0.39 is 0 Å². The lowest BCUT2D eigenvalue weighted by Gasteiger charge is -1.96. The van der Waals surface area contributed by atoms with E-state index in [2.05, 4.69) is 0 Å². The van der Waals surface area contributed by atoms with Crippen LogP contribution in [-0.2, 0) is 7.05 Å². The Morgan fingerprint density at radius 2 is 2.19 bits per heavy atom. The number of rotatable bonds is 2. The molecule has 1 saturated carbocycles. The summed E-state index contributed by atoms with van der Waals surface area (Å²) >= 11 is 0. The van der Waals surface area contributed by atoms with Gasteiger partial charge in [-0.15, -0.1) is 0 Å². The molecule has 2 nitrogen and oxygen atoms in total. The second-order valence-electron chi connectivity index (χ2n) is 4.45. The molecule has 1 aliphatic rings. The number of aromatic nitrogens is 1. The van der Waals surface area contributed by atoms with Crippen molar-refractivity contribution in [3.8, 4) is 0 Å². The lowest BCUT2D eigenvalue weighted by Crippen LogP contribution is -1.99. The molecule has 1 heterocycles. The number of carbonyl (C=O) groups excluding carboxylic acids is 1. The van der Waals surface area contributed by atoms with Crippen molar-refractivity contribution in [1.29, 1.82) is 0 Å². The largest absolute Gasteiger partial charge is 0.350 e. The third-order valence-electron chi connectivity index (χ3n) is 3.17.